The molecule has 2 nitrogen and oxygen atoms in total. The lowest BCUT2D eigenvalue weighted by atomic mass is 9.88. The lowest BCUT2D eigenvalue weighted by Crippen LogP contribution is -2.60. The minimum Gasteiger partial charge on any atom is -0.288 e. The van der Waals surface area contributed by atoms with Gasteiger partial charge in [-0.25, -0.2) is 0 Å². The third kappa shape index (κ3) is 1.54. The van der Waals surface area contributed by atoms with Gasteiger partial charge in [-0.05, 0) is 41.8 Å². The average molecular weight is 302 g/mol. The molecule has 1 aliphatic carbocycles. The van der Waals surface area contributed by atoms with Crippen LogP contribution in [0.15, 0.2) is 66.7 Å². The molecule has 2 aliphatic heterocycles. The standard InChI is InChI=1S/C21H20NO/c1-22(15-8-3-2-4-9-15)18-11-12-19(23)21(22)17-13-14-7-5-6-10-16(14)20(17)18/h2-12,17-18,20-21H,13H2,1H3/q+1. The lowest BCUT2D eigenvalue weighted by molar-refractivity contribution is -0.119. The third-order valence-electron chi connectivity index (χ3n) is 6.36. The van der Waals surface area contributed by atoms with E-state index in [-0.39, 0.29) is 6.04 Å². The molecule has 2 bridgehead atoms. The number of carbonyl (C=O) groups excluding carboxylic acids is 1. The van der Waals surface area contributed by atoms with Crippen LogP contribution in [0.3, 0.4) is 0 Å². The van der Waals surface area contributed by atoms with E-state index >= 15 is 0 Å². The number of para-hydroxylation sites is 1. The molecule has 0 amide bonds. The maximum atomic E-state index is 12.8. The number of hydrogen-bond acceptors (Lipinski definition) is 1. The van der Waals surface area contributed by atoms with Gasteiger partial charge in [0.1, 0.15) is 11.7 Å². The van der Waals surface area contributed by atoms with Crippen LogP contribution in [0.2, 0.25) is 0 Å². The van der Waals surface area contributed by atoms with Crippen LogP contribution >= 0.6 is 0 Å². The van der Waals surface area contributed by atoms with Crippen molar-refractivity contribution in [1.82, 2.24) is 4.48 Å². The molecule has 2 heteroatoms. The summed E-state index contributed by atoms with van der Waals surface area (Å²) >= 11 is 0. The second-order valence-corrected chi connectivity index (χ2v) is 7.27. The Labute approximate surface area is 136 Å². The minimum atomic E-state index is 0.0461. The van der Waals surface area contributed by atoms with Gasteiger partial charge in [-0.15, -0.1) is 0 Å². The molecule has 5 atom stereocenters. The molecule has 2 aromatic carbocycles. The first-order chi connectivity index (χ1) is 11.2. The monoisotopic (exact) mass is 302 g/mol. The molecule has 0 N–H and O–H groups in total. The zero-order valence-corrected chi connectivity index (χ0v) is 13.2. The maximum absolute atomic E-state index is 12.8. The van der Waals surface area contributed by atoms with Gasteiger partial charge in [0.25, 0.3) is 0 Å². The van der Waals surface area contributed by atoms with Crippen molar-refractivity contribution >= 4 is 11.5 Å². The summed E-state index contributed by atoms with van der Waals surface area (Å²) in [7, 11) is 2.26. The highest BCUT2D eigenvalue weighted by Crippen LogP contribution is 2.56. The molecule has 0 spiro atoms. The number of hydrogen-bond donors (Lipinski definition) is 0. The van der Waals surface area contributed by atoms with Gasteiger partial charge in [-0.3, -0.25) is 9.28 Å². The van der Waals surface area contributed by atoms with E-state index in [1.165, 1.54) is 16.8 Å². The van der Waals surface area contributed by atoms with Gasteiger partial charge in [-0.1, -0.05) is 42.5 Å². The molecule has 23 heavy (non-hydrogen) atoms. The van der Waals surface area contributed by atoms with Crippen LogP contribution in [0.5, 0.6) is 0 Å². The summed E-state index contributed by atoms with van der Waals surface area (Å²) in [6.07, 6.45) is 5.06. The predicted octanol–water partition coefficient (Wildman–Crippen LogP) is 3.47. The smallest absolute Gasteiger partial charge is 0.213 e. The molecule has 2 aromatic rings. The van der Waals surface area contributed by atoms with E-state index in [1.54, 1.807) is 0 Å². The van der Waals surface area contributed by atoms with Crippen LogP contribution in [-0.2, 0) is 11.2 Å². The number of nitrogens with zero attached hydrogens (tertiary/aromatic N) is 1. The fraction of sp³-hybridized carbons (Fsp3) is 0.286. The van der Waals surface area contributed by atoms with Gasteiger partial charge < -0.3 is 0 Å². The van der Waals surface area contributed by atoms with Crippen LogP contribution in [-0.4, -0.2) is 24.9 Å². The van der Waals surface area contributed by atoms with E-state index in [1.807, 2.05) is 6.08 Å². The van der Waals surface area contributed by atoms with Crippen molar-refractivity contribution in [3.8, 4) is 0 Å². The Morgan fingerprint density at radius 1 is 1.00 bits per heavy atom. The van der Waals surface area contributed by atoms with E-state index in [4.69, 9.17) is 0 Å². The van der Waals surface area contributed by atoms with Crippen LogP contribution in [0.25, 0.3) is 0 Å². The van der Waals surface area contributed by atoms with Crippen molar-refractivity contribution in [2.45, 2.75) is 24.4 Å². The zero-order valence-electron chi connectivity index (χ0n) is 13.2. The number of carbonyl (C=O) groups is 1. The maximum Gasteiger partial charge on any atom is 0.213 e. The molecule has 0 saturated carbocycles. The van der Waals surface area contributed by atoms with Crippen molar-refractivity contribution < 1.29 is 4.79 Å². The first kappa shape index (κ1) is 13.3. The summed E-state index contributed by atoms with van der Waals surface area (Å²) < 4.78 is 0.736. The van der Waals surface area contributed by atoms with Gasteiger partial charge in [0.05, 0.1) is 7.05 Å². The molecule has 1 saturated heterocycles. The van der Waals surface area contributed by atoms with Crippen molar-refractivity contribution in [1.29, 1.82) is 0 Å². The quantitative estimate of drug-likeness (QED) is 0.737. The molecule has 0 radical (unpaired) electrons. The Morgan fingerprint density at radius 2 is 1.74 bits per heavy atom. The Kier molecular flexibility index (Phi) is 2.55. The van der Waals surface area contributed by atoms with E-state index in [0.29, 0.717) is 23.7 Å². The highest BCUT2D eigenvalue weighted by atomic mass is 16.1. The summed E-state index contributed by atoms with van der Waals surface area (Å²) in [5, 5.41) is 0. The molecule has 5 rings (SSSR count). The van der Waals surface area contributed by atoms with Gasteiger partial charge in [0.15, 0.2) is 6.04 Å². The van der Waals surface area contributed by atoms with Crippen LogP contribution in [0.4, 0.5) is 5.69 Å². The van der Waals surface area contributed by atoms with E-state index in [9.17, 15) is 4.79 Å². The van der Waals surface area contributed by atoms with Crippen molar-refractivity contribution in [3.63, 3.8) is 0 Å². The van der Waals surface area contributed by atoms with E-state index in [0.717, 1.165) is 10.9 Å². The fourth-order valence-corrected chi connectivity index (χ4v) is 5.47. The SMILES string of the molecule is C[N+]1(c2ccccc2)C2C=CC(=O)C1C1Cc3ccccc3C12. The highest BCUT2D eigenvalue weighted by molar-refractivity contribution is 5.98. The Morgan fingerprint density at radius 3 is 2.57 bits per heavy atom. The molecule has 2 heterocycles. The summed E-state index contributed by atoms with van der Waals surface area (Å²) in [6, 6.07) is 19.8. The molecule has 5 unspecified atom stereocenters. The lowest BCUT2D eigenvalue weighted by Gasteiger charge is -2.42. The molecular formula is C21H20NO+. The summed E-state index contributed by atoms with van der Waals surface area (Å²) in [4.78, 5) is 12.8. The summed E-state index contributed by atoms with van der Waals surface area (Å²) in [6.45, 7) is 0. The first-order valence-electron chi connectivity index (χ1n) is 8.42. The largest absolute Gasteiger partial charge is 0.288 e. The number of ketones is 1. The number of rotatable bonds is 1. The number of likely N-dealkylation sites (N-methyl/N-ethyl adjacent to an activating group) is 1. The molecule has 3 aliphatic rings. The van der Waals surface area contributed by atoms with E-state index < -0.39 is 0 Å². The third-order valence-corrected chi connectivity index (χ3v) is 6.36. The zero-order chi connectivity index (χ0) is 15.6. The van der Waals surface area contributed by atoms with Gasteiger partial charge in [0, 0.05) is 11.8 Å². The van der Waals surface area contributed by atoms with Crippen molar-refractivity contribution in [2.24, 2.45) is 5.92 Å². The highest BCUT2D eigenvalue weighted by Gasteiger charge is 2.65. The minimum absolute atomic E-state index is 0.0461. The molecule has 0 aromatic heterocycles. The average Bonchev–Trinajstić information content (AvgIpc) is 3.00. The topological polar surface area (TPSA) is 17.1 Å². The van der Waals surface area contributed by atoms with Gasteiger partial charge in [-0.2, -0.15) is 0 Å². The predicted molar refractivity (Wildman–Crippen MR) is 92.3 cm³/mol. The van der Waals surface area contributed by atoms with Crippen LogP contribution in [0.1, 0.15) is 17.0 Å². The summed E-state index contributed by atoms with van der Waals surface area (Å²) in [5.41, 5.74) is 4.16. The van der Waals surface area contributed by atoms with Crippen molar-refractivity contribution in [3.05, 3.63) is 77.9 Å². The van der Waals surface area contributed by atoms with Crippen molar-refractivity contribution in [2.75, 3.05) is 7.05 Å². The van der Waals surface area contributed by atoms with Gasteiger partial charge >= 0.3 is 0 Å². The second-order valence-electron chi connectivity index (χ2n) is 7.27. The van der Waals surface area contributed by atoms with Crippen LogP contribution < -0.4 is 4.48 Å². The fourth-order valence-electron chi connectivity index (χ4n) is 5.47. The molecular weight excluding hydrogens is 282 g/mol. The Bertz CT molecular complexity index is 825. The number of benzene rings is 2. The number of fused-ring (bicyclic) bond motifs is 7. The molecule has 1 fully saturated rings. The van der Waals surface area contributed by atoms with Crippen LogP contribution in [0, 0.1) is 5.92 Å². The second kappa shape index (κ2) is 4.42. The Hall–Kier alpha value is -2.19. The first-order valence-corrected chi connectivity index (χ1v) is 8.42. The van der Waals surface area contributed by atoms with Gasteiger partial charge in [0.2, 0.25) is 5.78 Å². The summed E-state index contributed by atoms with van der Waals surface area (Å²) in [5.74, 6) is 1.18. The normalized spacial score (nSPS) is 36.8. The Balaban J connectivity index is 1.73. The number of quaternary nitrogens is 1. The molecule has 114 valence electrons. The van der Waals surface area contributed by atoms with E-state index in [2.05, 4.69) is 67.7 Å².